The number of hydrogen-bond acceptors (Lipinski definition) is 2. The number of nitrogens with one attached hydrogen (secondary N) is 2. The summed E-state index contributed by atoms with van der Waals surface area (Å²) >= 11 is 0. The van der Waals surface area contributed by atoms with Crippen LogP contribution in [0.5, 0.6) is 0 Å². The Morgan fingerprint density at radius 3 is 2.12 bits per heavy atom. The van der Waals surface area contributed by atoms with Gasteiger partial charge in [-0.05, 0) is 56.5 Å². The lowest BCUT2D eigenvalue weighted by molar-refractivity contribution is -0.121. The average molecular weight is 350 g/mol. The van der Waals surface area contributed by atoms with Gasteiger partial charge in [0.25, 0.3) is 5.91 Å². The second-order valence-corrected chi connectivity index (χ2v) is 7.31. The largest absolute Gasteiger partial charge is 0.350 e. The first-order valence-corrected chi connectivity index (χ1v) is 9.29. The van der Waals surface area contributed by atoms with Gasteiger partial charge in [0.15, 0.2) is 0 Å². The molecule has 136 valence electrons. The standard InChI is InChI=1S/C22H26N2O2/c1-16(2)23-20(25)17-10-12-19(13-11-17)24-21(26)22(14-6-7-15-22)18-8-4-3-5-9-18/h3-5,8-13,16H,6-7,14-15H2,1-2H3,(H,23,25)(H,24,26). The number of rotatable bonds is 5. The fourth-order valence-electron chi connectivity index (χ4n) is 3.68. The lowest BCUT2D eigenvalue weighted by Crippen LogP contribution is -2.38. The topological polar surface area (TPSA) is 58.2 Å². The van der Waals surface area contributed by atoms with E-state index in [1.165, 1.54) is 0 Å². The average Bonchev–Trinajstić information content (AvgIpc) is 3.13. The van der Waals surface area contributed by atoms with E-state index in [1.54, 1.807) is 24.3 Å². The SMILES string of the molecule is CC(C)NC(=O)c1ccc(NC(=O)C2(c3ccccc3)CCCC2)cc1. The van der Waals surface area contributed by atoms with Gasteiger partial charge in [-0.2, -0.15) is 0 Å². The molecule has 1 aliphatic carbocycles. The molecule has 1 fully saturated rings. The van der Waals surface area contributed by atoms with Crippen LogP contribution in [0.3, 0.4) is 0 Å². The molecule has 0 radical (unpaired) electrons. The van der Waals surface area contributed by atoms with E-state index >= 15 is 0 Å². The highest BCUT2D eigenvalue weighted by atomic mass is 16.2. The van der Waals surface area contributed by atoms with E-state index in [2.05, 4.69) is 10.6 Å². The van der Waals surface area contributed by atoms with Gasteiger partial charge in [-0.1, -0.05) is 43.2 Å². The van der Waals surface area contributed by atoms with Crippen molar-refractivity contribution in [1.82, 2.24) is 5.32 Å². The Labute approximate surface area is 155 Å². The zero-order valence-corrected chi connectivity index (χ0v) is 15.4. The Bertz CT molecular complexity index is 760. The monoisotopic (exact) mass is 350 g/mol. The molecular formula is C22H26N2O2. The third kappa shape index (κ3) is 3.79. The summed E-state index contributed by atoms with van der Waals surface area (Å²) in [5.74, 6) is -0.0602. The van der Waals surface area contributed by atoms with E-state index in [0.717, 1.165) is 36.9 Å². The van der Waals surface area contributed by atoms with Crippen LogP contribution in [0.1, 0.15) is 55.5 Å². The van der Waals surface area contributed by atoms with Crippen LogP contribution in [0.15, 0.2) is 54.6 Å². The first-order valence-electron chi connectivity index (χ1n) is 9.29. The molecule has 0 unspecified atom stereocenters. The molecule has 2 aromatic carbocycles. The Morgan fingerprint density at radius 2 is 1.54 bits per heavy atom. The molecule has 26 heavy (non-hydrogen) atoms. The summed E-state index contributed by atoms with van der Waals surface area (Å²) < 4.78 is 0. The van der Waals surface area contributed by atoms with Gasteiger partial charge in [0, 0.05) is 17.3 Å². The molecule has 0 aromatic heterocycles. The van der Waals surface area contributed by atoms with Crippen molar-refractivity contribution in [2.45, 2.75) is 51.0 Å². The molecule has 0 spiro atoms. The van der Waals surface area contributed by atoms with Crippen molar-refractivity contribution in [3.8, 4) is 0 Å². The van der Waals surface area contributed by atoms with Crippen molar-refractivity contribution in [3.05, 3.63) is 65.7 Å². The second-order valence-electron chi connectivity index (χ2n) is 7.31. The Balaban J connectivity index is 1.75. The van der Waals surface area contributed by atoms with Crippen LogP contribution in [0, 0.1) is 0 Å². The maximum absolute atomic E-state index is 13.1. The van der Waals surface area contributed by atoms with E-state index in [1.807, 2.05) is 44.2 Å². The molecule has 2 aromatic rings. The molecule has 2 amide bonds. The molecule has 1 saturated carbocycles. The first-order chi connectivity index (χ1) is 12.5. The molecule has 0 aliphatic heterocycles. The molecule has 0 atom stereocenters. The summed E-state index contributed by atoms with van der Waals surface area (Å²) in [4.78, 5) is 25.1. The van der Waals surface area contributed by atoms with E-state index in [4.69, 9.17) is 0 Å². The van der Waals surface area contributed by atoms with Crippen molar-refractivity contribution < 1.29 is 9.59 Å². The third-order valence-electron chi connectivity index (χ3n) is 5.04. The summed E-state index contributed by atoms with van der Waals surface area (Å²) in [5.41, 5.74) is 1.95. The van der Waals surface area contributed by atoms with E-state index in [-0.39, 0.29) is 17.9 Å². The minimum absolute atomic E-state index is 0.0422. The summed E-state index contributed by atoms with van der Waals surface area (Å²) in [6.07, 6.45) is 3.88. The molecule has 4 heteroatoms. The minimum atomic E-state index is -0.449. The number of benzene rings is 2. The van der Waals surface area contributed by atoms with Crippen molar-refractivity contribution in [2.24, 2.45) is 0 Å². The molecule has 3 rings (SSSR count). The van der Waals surface area contributed by atoms with Crippen LogP contribution in [0.4, 0.5) is 5.69 Å². The highest BCUT2D eigenvalue weighted by molar-refractivity contribution is 6.00. The smallest absolute Gasteiger partial charge is 0.251 e. The van der Waals surface area contributed by atoms with Gasteiger partial charge in [-0.3, -0.25) is 9.59 Å². The first kappa shape index (κ1) is 18.2. The van der Waals surface area contributed by atoms with E-state index in [9.17, 15) is 9.59 Å². The van der Waals surface area contributed by atoms with Gasteiger partial charge in [0.05, 0.1) is 5.41 Å². The molecular weight excluding hydrogens is 324 g/mol. The maximum atomic E-state index is 13.1. The van der Waals surface area contributed by atoms with Gasteiger partial charge >= 0.3 is 0 Å². The van der Waals surface area contributed by atoms with Crippen LogP contribution in [0.25, 0.3) is 0 Å². The molecule has 1 aliphatic rings. The Kier molecular flexibility index (Phi) is 5.40. The molecule has 0 saturated heterocycles. The Morgan fingerprint density at radius 1 is 0.923 bits per heavy atom. The zero-order chi connectivity index (χ0) is 18.6. The van der Waals surface area contributed by atoms with E-state index in [0.29, 0.717) is 5.56 Å². The fourth-order valence-corrected chi connectivity index (χ4v) is 3.68. The number of amides is 2. The van der Waals surface area contributed by atoms with Crippen LogP contribution in [-0.2, 0) is 10.2 Å². The zero-order valence-electron chi connectivity index (χ0n) is 15.4. The number of hydrogen-bond donors (Lipinski definition) is 2. The van der Waals surface area contributed by atoms with Gasteiger partial charge in [-0.15, -0.1) is 0 Å². The Hall–Kier alpha value is -2.62. The number of carbonyl (C=O) groups is 2. The van der Waals surface area contributed by atoms with Crippen molar-refractivity contribution >= 4 is 17.5 Å². The van der Waals surface area contributed by atoms with Crippen LogP contribution < -0.4 is 10.6 Å². The normalized spacial score (nSPS) is 15.7. The van der Waals surface area contributed by atoms with Crippen molar-refractivity contribution in [2.75, 3.05) is 5.32 Å². The van der Waals surface area contributed by atoms with Gasteiger partial charge in [-0.25, -0.2) is 0 Å². The van der Waals surface area contributed by atoms with Crippen LogP contribution in [-0.4, -0.2) is 17.9 Å². The quantitative estimate of drug-likeness (QED) is 0.846. The number of anilines is 1. The fraction of sp³-hybridized carbons (Fsp3) is 0.364. The molecule has 0 bridgehead atoms. The summed E-state index contributed by atoms with van der Waals surface area (Å²) in [7, 11) is 0. The second kappa shape index (κ2) is 7.73. The van der Waals surface area contributed by atoms with Gasteiger partial charge in [0.2, 0.25) is 5.91 Å². The van der Waals surface area contributed by atoms with Crippen molar-refractivity contribution in [1.29, 1.82) is 0 Å². The van der Waals surface area contributed by atoms with Gasteiger partial charge < -0.3 is 10.6 Å². The predicted octanol–water partition coefficient (Wildman–Crippen LogP) is 4.28. The maximum Gasteiger partial charge on any atom is 0.251 e. The molecule has 2 N–H and O–H groups in total. The van der Waals surface area contributed by atoms with Crippen LogP contribution >= 0.6 is 0 Å². The summed E-state index contributed by atoms with van der Waals surface area (Å²) in [6, 6.07) is 17.2. The third-order valence-corrected chi connectivity index (χ3v) is 5.04. The highest BCUT2D eigenvalue weighted by Crippen LogP contribution is 2.42. The van der Waals surface area contributed by atoms with Crippen molar-refractivity contribution in [3.63, 3.8) is 0 Å². The number of carbonyl (C=O) groups excluding carboxylic acids is 2. The predicted molar refractivity (Wildman–Crippen MR) is 104 cm³/mol. The summed E-state index contributed by atoms with van der Waals surface area (Å²) in [5, 5.41) is 5.92. The molecule has 0 heterocycles. The van der Waals surface area contributed by atoms with Crippen LogP contribution in [0.2, 0.25) is 0 Å². The summed E-state index contributed by atoms with van der Waals surface area (Å²) in [6.45, 7) is 3.86. The minimum Gasteiger partial charge on any atom is -0.350 e. The highest BCUT2D eigenvalue weighted by Gasteiger charge is 2.42. The lowest BCUT2D eigenvalue weighted by Gasteiger charge is -2.28. The lowest BCUT2D eigenvalue weighted by atomic mass is 9.78. The van der Waals surface area contributed by atoms with E-state index < -0.39 is 5.41 Å². The van der Waals surface area contributed by atoms with Gasteiger partial charge in [0.1, 0.15) is 0 Å². The molecule has 4 nitrogen and oxygen atoms in total.